The Morgan fingerprint density at radius 1 is 1.18 bits per heavy atom. The lowest BCUT2D eigenvalue weighted by atomic mass is 10.0. The van der Waals surface area contributed by atoms with E-state index in [0.717, 1.165) is 35.2 Å². The molecule has 5 N–H and O–H groups in total. The highest BCUT2D eigenvalue weighted by molar-refractivity contribution is 8.00. The first-order chi connectivity index (χ1) is 15.9. The van der Waals surface area contributed by atoms with Gasteiger partial charge in [-0.3, -0.25) is 9.59 Å². The summed E-state index contributed by atoms with van der Waals surface area (Å²) in [6.45, 7) is 0.596. The highest BCUT2D eigenvalue weighted by Gasteiger charge is 2.38. The first kappa shape index (κ1) is 23.6. The Hall–Kier alpha value is -2.56. The van der Waals surface area contributed by atoms with Crippen molar-refractivity contribution in [1.82, 2.24) is 20.5 Å². The van der Waals surface area contributed by atoms with E-state index < -0.39 is 24.0 Å². The molecule has 2 aliphatic heterocycles. The third-order valence-electron chi connectivity index (χ3n) is 5.74. The zero-order chi connectivity index (χ0) is 23.4. The number of nitrogens with zero attached hydrogens (tertiary/aromatic N) is 1. The lowest BCUT2D eigenvalue weighted by molar-refractivity contribution is -0.153. The largest absolute Gasteiger partial charge is 0.380 e. The molecule has 0 aliphatic carbocycles. The van der Waals surface area contributed by atoms with Gasteiger partial charge in [-0.1, -0.05) is 48.0 Å². The quantitative estimate of drug-likeness (QED) is 0.379. The molecule has 2 heterocycles. The minimum atomic E-state index is -1.87. The number of rotatable bonds is 7. The number of likely N-dealkylation sites (tertiary alicyclic amines) is 1. The van der Waals surface area contributed by atoms with Crippen molar-refractivity contribution in [1.29, 1.82) is 0 Å². The zero-order valence-electron chi connectivity index (χ0n) is 17.7. The van der Waals surface area contributed by atoms with Crippen LogP contribution in [0.2, 0.25) is 5.02 Å². The first-order valence-corrected chi connectivity index (χ1v) is 11.9. The standard InChI is InChI=1S/C23H25ClN4O4S/c24-17-4-1-3-16(11-17)19-5-2-10-28(19)23(32)21(30)20(29)22(31)25-12-14-6-8-15(9-7-14)18-13-33-27-26-18/h1,3-4,6-9,11,13,19-21,26-27,29-30H,2,5,10,12H2,(H,25,31)/t19?,20-,21-/m1/s1. The van der Waals surface area contributed by atoms with Crippen LogP contribution < -0.4 is 15.6 Å². The van der Waals surface area contributed by atoms with E-state index in [4.69, 9.17) is 11.6 Å². The van der Waals surface area contributed by atoms with Gasteiger partial charge in [-0.2, -0.15) is 4.83 Å². The van der Waals surface area contributed by atoms with Crippen molar-refractivity contribution >= 4 is 41.1 Å². The topological polar surface area (TPSA) is 114 Å². The maximum absolute atomic E-state index is 12.9. The monoisotopic (exact) mass is 488 g/mol. The summed E-state index contributed by atoms with van der Waals surface area (Å²) in [5, 5.41) is 25.9. The molecule has 10 heteroatoms. The second-order valence-corrected chi connectivity index (χ2v) is 9.04. The number of carbonyl (C=O) groups excluding carboxylic acids is 2. The molecule has 1 saturated heterocycles. The molecule has 0 aromatic heterocycles. The number of hydrogen-bond acceptors (Lipinski definition) is 7. The van der Waals surface area contributed by atoms with Gasteiger partial charge in [0, 0.05) is 23.5 Å². The molecule has 8 nitrogen and oxygen atoms in total. The third kappa shape index (κ3) is 5.51. The Morgan fingerprint density at radius 2 is 1.97 bits per heavy atom. The van der Waals surface area contributed by atoms with Crippen molar-refractivity contribution in [3.8, 4) is 0 Å². The highest BCUT2D eigenvalue weighted by Crippen LogP contribution is 2.33. The number of benzene rings is 2. The van der Waals surface area contributed by atoms with Gasteiger partial charge in [0.05, 0.1) is 11.7 Å². The second-order valence-electron chi connectivity index (χ2n) is 7.93. The average Bonchev–Trinajstić information content (AvgIpc) is 3.54. The molecule has 4 rings (SSSR count). The fraction of sp³-hybridized carbons (Fsp3) is 0.304. The zero-order valence-corrected chi connectivity index (χ0v) is 19.3. The Bertz CT molecular complexity index is 1050. The van der Waals surface area contributed by atoms with E-state index in [0.29, 0.717) is 11.6 Å². The van der Waals surface area contributed by atoms with Crippen LogP contribution in [-0.2, 0) is 16.1 Å². The van der Waals surface area contributed by atoms with Crippen molar-refractivity contribution in [2.45, 2.75) is 37.6 Å². The van der Waals surface area contributed by atoms with Gasteiger partial charge in [-0.05, 0) is 53.6 Å². The number of nitrogens with one attached hydrogen (secondary N) is 3. The second kappa shape index (κ2) is 10.6. The molecule has 33 heavy (non-hydrogen) atoms. The molecule has 0 saturated carbocycles. The van der Waals surface area contributed by atoms with Gasteiger partial charge in [-0.15, -0.1) is 0 Å². The van der Waals surface area contributed by atoms with Crippen LogP contribution in [0.25, 0.3) is 5.70 Å². The maximum Gasteiger partial charge on any atom is 0.255 e. The van der Waals surface area contributed by atoms with Crippen LogP contribution in [0.5, 0.6) is 0 Å². The van der Waals surface area contributed by atoms with Crippen molar-refractivity contribution < 1.29 is 19.8 Å². The molecule has 1 unspecified atom stereocenters. The van der Waals surface area contributed by atoms with Crippen LogP contribution in [0.3, 0.4) is 0 Å². The van der Waals surface area contributed by atoms with Gasteiger partial charge in [0.1, 0.15) is 0 Å². The Morgan fingerprint density at radius 3 is 2.67 bits per heavy atom. The number of aliphatic hydroxyl groups excluding tert-OH is 2. The summed E-state index contributed by atoms with van der Waals surface area (Å²) in [7, 11) is 0. The Balaban J connectivity index is 1.33. The molecule has 1 fully saturated rings. The Labute approximate surface area is 201 Å². The van der Waals surface area contributed by atoms with Crippen LogP contribution in [0.15, 0.2) is 53.9 Å². The summed E-state index contributed by atoms with van der Waals surface area (Å²) in [4.78, 5) is 29.7. The van der Waals surface area contributed by atoms with E-state index >= 15 is 0 Å². The molecule has 0 spiro atoms. The fourth-order valence-corrected chi connectivity index (χ4v) is 4.72. The summed E-state index contributed by atoms with van der Waals surface area (Å²) >= 11 is 7.52. The highest BCUT2D eigenvalue weighted by atomic mass is 35.5. The normalized spacial score (nSPS) is 19.5. The number of hydrogen-bond donors (Lipinski definition) is 5. The van der Waals surface area contributed by atoms with Crippen LogP contribution in [0, 0.1) is 0 Å². The van der Waals surface area contributed by atoms with Crippen LogP contribution in [0.4, 0.5) is 0 Å². The predicted molar refractivity (Wildman–Crippen MR) is 127 cm³/mol. The fourth-order valence-electron chi connectivity index (χ4n) is 3.98. The smallest absolute Gasteiger partial charge is 0.255 e. The molecule has 2 aromatic rings. The van der Waals surface area contributed by atoms with Crippen molar-refractivity contribution in [3.63, 3.8) is 0 Å². The summed E-state index contributed by atoms with van der Waals surface area (Å²) in [6, 6.07) is 14.5. The van der Waals surface area contributed by atoms with E-state index in [9.17, 15) is 19.8 Å². The SMILES string of the molecule is O=C(NCc1ccc(C2=CSNN2)cc1)[C@H](O)[C@@H](O)C(=O)N1CCCC1c1cccc(Cl)c1. The van der Waals surface area contributed by atoms with Crippen molar-refractivity contribution in [2.75, 3.05) is 6.54 Å². The molecule has 0 bridgehead atoms. The van der Waals surface area contributed by atoms with Crippen molar-refractivity contribution in [2.24, 2.45) is 0 Å². The van der Waals surface area contributed by atoms with E-state index in [1.807, 2.05) is 35.7 Å². The molecule has 174 valence electrons. The number of carbonyl (C=O) groups is 2. The summed E-state index contributed by atoms with van der Waals surface area (Å²) in [5.41, 5.74) is 6.64. The van der Waals surface area contributed by atoms with Crippen molar-refractivity contribution in [3.05, 3.63) is 75.7 Å². The summed E-state index contributed by atoms with van der Waals surface area (Å²) in [5.74, 6) is -1.48. The number of halogens is 1. The van der Waals surface area contributed by atoms with Crippen LogP contribution >= 0.6 is 23.5 Å². The number of hydrazine groups is 1. The third-order valence-corrected chi connectivity index (χ3v) is 6.55. The molecular weight excluding hydrogens is 464 g/mol. The molecule has 2 aromatic carbocycles. The summed E-state index contributed by atoms with van der Waals surface area (Å²) < 4.78 is 0. The van der Waals surface area contributed by atoms with Crippen LogP contribution in [0.1, 0.15) is 35.6 Å². The molecule has 2 aliphatic rings. The molecule has 3 atom stereocenters. The van der Waals surface area contributed by atoms with Gasteiger partial charge in [0.25, 0.3) is 11.8 Å². The minimum absolute atomic E-state index is 0.158. The lowest BCUT2D eigenvalue weighted by Crippen LogP contribution is -2.50. The van der Waals surface area contributed by atoms with Gasteiger partial charge >= 0.3 is 0 Å². The molecule has 0 radical (unpaired) electrons. The Kier molecular flexibility index (Phi) is 7.56. The van der Waals surface area contributed by atoms with E-state index in [1.54, 1.807) is 18.2 Å². The van der Waals surface area contributed by atoms with Gasteiger partial charge in [0.2, 0.25) is 0 Å². The predicted octanol–water partition coefficient (Wildman–Crippen LogP) is 2.10. The first-order valence-electron chi connectivity index (χ1n) is 10.6. The van der Waals surface area contributed by atoms with E-state index in [-0.39, 0.29) is 12.6 Å². The van der Waals surface area contributed by atoms with Gasteiger partial charge in [0.15, 0.2) is 12.2 Å². The number of aliphatic hydroxyl groups is 2. The maximum atomic E-state index is 12.9. The minimum Gasteiger partial charge on any atom is -0.380 e. The average molecular weight is 489 g/mol. The molecular formula is C23H25ClN4O4S. The van der Waals surface area contributed by atoms with E-state index in [1.165, 1.54) is 16.8 Å². The van der Waals surface area contributed by atoms with Gasteiger partial charge in [-0.25, -0.2) is 0 Å². The van der Waals surface area contributed by atoms with Gasteiger partial charge < -0.3 is 25.9 Å². The lowest BCUT2D eigenvalue weighted by Gasteiger charge is -2.28. The summed E-state index contributed by atoms with van der Waals surface area (Å²) in [6.07, 6.45) is -2.24. The van der Waals surface area contributed by atoms with Crippen LogP contribution in [-0.4, -0.2) is 45.7 Å². The number of amides is 2. The molecule has 2 amide bonds. The van der Waals surface area contributed by atoms with E-state index in [2.05, 4.69) is 15.6 Å².